The molecule has 0 saturated heterocycles. The molecule has 0 aliphatic carbocycles. The van der Waals surface area contributed by atoms with Crippen LogP contribution in [-0.2, 0) is 9.53 Å². The zero-order valence-electron chi connectivity index (χ0n) is 9.38. The first-order valence-electron chi connectivity index (χ1n) is 5.16. The van der Waals surface area contributed by atoms with Gasteiger partial charge in [0.1, 0.15) is 5.82 Å². The fourth-order valence-electron chi connectivity index (χ4n) is 1.39. The molecule has 0 radical (unpaired) electrons. The normalized spacial score (nSPS) is 10.6. The maximum Gasteiger partial charge on any atom is 0.330 e. The molecule has 17 heavy (non-hydrogen) atoms. The SMILES string of the molecule is COC(=O)/C=C/c1cnc(-c2ccccc2)[nH]1. The van der Waals surface area contributed by atoms with Crippen LogP contribution in [0.25, 0.3) is 17.5 Å². The number of hydrogen-bond donors (Lipinski definition) is 1. The summed E-state index contributed by atoms with van der Waals surface area (Å²) >= 11 is 0. The Labute approximate surface area is 99.0 Å². The van der Waals surface area contributed by atoms with Crippen LogP contribution in [0.4, 0.5) is 0 Å². The molecule has 0 aliphatic heterocycles. The van der Waals surface area contributed by atoms with Crippen molar-refractivity contribution in [2.75, 3.05) is 7.11 Å². The van der Waals surface area contributed by atoms with Crippen molar-refractivity contribution in [3.05, 3.63) is 48.3 Å². The highest BCUT2D eigenvalue weighted by Gasteiger charge is 2.01. The average molecular weight is 228 g/mol. The molecule has 4 heteroatoms. The predicted octanol–water partition coefficient (Wildman–Crippen LogP) is 2.26. The summed E-state index contributed by atoms with van der Waals surface area (Å²) in [5.41, 5.74) is 1.76. The molecule has 1 aromatic heterocycles. The van der Waals surface area contributed by atoms with Gasteiger partial charge in [-0.05, 0) is 6.08 Å². The van der Waals surface area contributed by atoms with Crippen molar-refractivity contribution in [3.8, 4) is 11.4 Å². The van der Waals surface area contributed by atoms with Gasteiger partial charge in [-0.2, -0.15) is 0 Å². The van der Waals surface area contributed by atoms with Crippen LogP contribution in [0.1, 0.15) is 5.69 Å². The Balaban J connectivity index is 2.17. The maximum absolute atomic E-state index is 10.9. The fourth-order valence-corrected chi connectivity index (χ4v) is 1.39. The standard InChI is InChI=1S/C13H12N2O2/c1-17-12(16)8-7-11-9-14-13(15-11)10-5-3-2-4-6-10/h2-9H,1H3,(H,14,15)/b8-7+. The second-order valence-corrected chi connectivity index (χ2v) is 3.41. The van der Waals surface area contributed by atoms with E-state index < -0.39 is 0 Å². The van der Waals surface area contributed by atoms with Crippen molar-refractivity contribution in [2.45, 2.75) is 0 Å². The van der Waals surface area contributed by atoms with E-state index in [-0.39, 0.29) is 5.97 Å². The molecule has 1 aromatic carbocycles. The Kier molecular flexibility index (Phi) is 3.35. The van der Waals surface area contributed by atoms with E-state index in [9.17, 15) is 4.79 Å². The number of rotatable bonds is 3. The summed E-state index contributed by atoms with van der Waals surface area (Å²) in [6, 6.07) is 9.77. The number of carbonyl (C=O) groups excluding carboxylic acids is 1. The number of H-pyrrole nitrogens is 1. The minimum absolute atomic E-state index is 0.388. The fraction of sp³-hybridized carbons (Fsp3) is 0.0769. The molecular weight excluding hydrogens is 216 g/mol. The number of hydrogen-bond acceptors (Lipinski definition) is 3. The third kappa shape index (κ3) is 2.81. The first-order valence-corrected chi connectivity index (χ1v) is 5.16. The second kappa shape index (κ2) is 5.12. The van der Waals surface area contributed by atoms with Crippen LogP contribution in [0, 0.1) is 0 Å². The number of nitrogens with zero attached hydrogens (tertiary/aromatic N) is 1. The molecule has 0 spiro atoms. The summed E-state index contributed by atoms with van der Waals surface area (Å²) in [6.45, 7) is 0. The molecule has 0 amide bonds. The van der Waals surface area contributed by atoms with E-state index in [1.54, 1.807) is 12.3 Å². The van der Waals surface area contributed by atoms with Crippen LogP contribution in [0.2, 0.25) is 0 Å². The largest absolute Gasteiger partial charge is 0.466 e. The van der Waals surface area contributed by atoms with Crippen molar-refractivity contribution >= 4 is 12.0 Å². The Morgan fingerprint density at radius 1 is 1.35 bits per heavy atom. The van der Waals surface area contributed by atoms with E-state index in [1.165, 1.54) is 13.2 Å². The van der Waals surface area contributed by atoms with Gasteiger partial charge in [0.05, 0.1) is 19.0 Å². The Hall–Kier alpha value is -2.36. The second-order valence-electron chi connectivity index (χ2n) is 3.41. The van der Waals surface area contributed by atoms with Gasteiger partial charge in [-0.25, -0.2) is 9.78 Å². The molecule has 1 heterocycles. The average Bonchev–Trinajstić information content (AvgIpc) is 2.86. The van der Waals surface area contributed by atoms with Crippen molar-refractivity contribution in [3.63, 3.8) is 0 Å². The first-order chi connectivity index (χ1) is 8.29. The highest BCUT2D eigenvalue weighted by atomic mass is 16.5. The van der Waals surface area contributed by atoms with Gasteiger partial charge in [0.15, 0.2) is 0 Å². The lowest BCUT2D eigenvalue weighted by molar-refractivity contribution is -0.134. The number of carbonyl (C=O) groups is 1. The first kappa shape index (κ1) is 11.1. The number of nitrogens with one attached hydrogen (secondary N) is 1. The highest BCUT2D eigenvalue weighted by Crippen LogP contribution is 2.15. The number of esters is 1. The molecule has 0 unspecified atom stereocenters. The lowest BCUT2D eigenvalue weighted by atomic mass is 10.2. The third-order valence-electron chi connectivity index (χ3n) is 2.24. The molecule has 4 nitrogen and oxygen atoms in total. The zero-order chi connectivity index (χ0) is 12.1. The number of methoxy groups -OCH3 is 1. The van der Waals surface area contributed by atoms with E-state index >= 15 is 0 Å². The van der Waals surface area contributed by atoms with Crippen molar-refractivity contribution < 1.29 is 9.53 Å². The lowest BCUT2D eigenvalue weighted by Crippen LogP contribution is -1.93. The Morgan fingerprint density at radius 2 is 2.12 bits per heavy atom. The van der Waals surface area contributed by atoms with E-state index in [2.05, 4.69) is 14.7 Å². The molecular formula is C13H12N2O2. The van der Waals surface area contributed by atoms with Gasteiger partial charge in [0.2, 0.25) is 0 Å². The topological polar surface area (TPSA) is 55.0 Å². The van der Waals surface area contributed by atoms with Gasteiger partial charge >= 0.3 is 5.97 Å². The van der Waals surface area contributed by atoms with Gasteiger partial charge in [0, 0.05) is 11.6 Å². The van der Waals surface area contributed by atoms with Gasteiger partial charge in [0.25, 0.3) is 0 Å². The lowest BCUT2D eigenvalue weighted by Gasteiger charge is -1.94. The van der Waals surface area contributed by atoms with E-state index in [0.717, 1.165) is 17.1 Å². The number of aromatic nitrogens is 2. The van der Waals surface area contributed by atoms with Crippen LogP contribution in [0.15, 0.2) is 42.6 Å². The predicted molar refractivity (Wildman–Crippen MR) is 65.1 cm³/mol. The number of benzene rings is 1. The summed E-state index contributed by atoms with van der Waals surface area (Å²) in [6.07, 6.45) is 4.65. The summed E-state index contributed by atoms with van der Waals surface area (Å²) in [4.78, 5) is 18.3. The zero-order valence-corrected chi connectivity index (χ0v) is 9.38. The molecule has 0 bridgehead atoms. The maximum atomic E-state index is 10.9. The van der Waals surface area contributed by atoms with E-state index in [1.807, 2.05) is 30.3 Å². The quantitative estimate of drug-likeness (QED) is 0.647. The molecule has 0 saturated carbocycles. The van der Waals surface area contributed by atoms with E-state index in [0.29, 0.717) is 0 Å². The number of ether oxygens (including phenoxy) is 1. The van der Waals surface area contributed by atoms with Gasteiger partial charge in [-0.3, -0.25) is 0 Å². The van der Waals surface area contributed by atoms with Crippen molar-refractivity contribution in [1.82, 2.24) is 9.97 Å². The smallest absolute Gasteiger partial charge is 0.330 e. The molecule has 2 rings (SSSR count). The Bertz CT molecular complexity index is 529. The highest BCUT2D eigenvalue weighted by molar-refractivity contribution is 5.86. The minimum Gasteiger partial charge on any atom is -0.466 e. The number of aromatic amines is 1. The van der Waals surface area contributed by atoms with Crippen LogP contribution in [-0.4, -0.2) is 23.0 Å². The monoisotopic (exact) mass is 228 g/mol. The summed E-state index contributed by atoms with van der Waals surface area (Å²) in [5, 5.41) is 0. The summed E-state index contributed by atoms with van der Waals surface area (Å²) in [5.74, 6) is 0.385. The molecule has 0 fully saturated rings. The van der Waals surface area contributed by atoms with Gasteiger partial charge in [-0.15, -0.1) is 0 Å². The molecule has 0 aliphatic rings. The molecule has 2 aromatic rings. The van der Waals surface area contributed by atoms with Crippen LogP contribution < -0.4 is 0 Å². The van der Waals surface area contributed by atoms with E-state index in [4.69, 9.17) is 0 Å². The van der Waals surface area contributed by atoms with Crippen LogP contribution >= 0.6 is 0 Å². The van der Waals surface area contributed by atoms with Crippen molar-refractivity contribution in [2.24, 2.45) is 0 Å². The molecule has 0 atom stereocenters. The van der Waals surface area contributed by atoms with Gasteiger partial charge < -0.3 is 9.72 Å². The van der Waals surface area contributed by atoms with Crippen LogP contribution in [0.5, 0.6) is 0 Å². The third-order valence-corrected chi connectivity index (χ3v) is 2.24. The minimum atomic E-state index is -0.388. The molecule has 1 N–H and O–H groups in total. The van der Waals surface area contributed by atoms with Gasteiger partial charge in [-0.1, -0.05) is 30.3 Å². The number of imidazole rings is 1. The van der Waals surface area contributed by atoms with Crippen molar-refractivity contribution in [1.29, 1.82) is 0 Å². The molecule has 86 valence electrons. The van der Waals surface area contributed by atoms with Crippen LogP contribution in [0.3, 0.4) is 0 Å². The Morgan fingerprint density at radius 3 is 2.82 bits per heavy atom. The summed E-state index contributed by atoms with van der Waals surface area (Å²) < 4.78 is 4.50. The summed E-state index contributed by atoms with van der Waals surface area (Å²) in [7, 11) is 1.34.